The van der Waals surface area contributed by atoms with Crippen molar-refractivity contribution in [1.82, 2.24) is 9.97 Å². The number of aromatic nitrogens is 2. The van der Waals surface area contributed by atoms with Crippen molar-refractivity contribution in [3.05, 3.63) is 42.7 Å². The molecule has 1 aromatic carbocycles. The Balaban J connectivity index is 2.04. The van der Waals surface area contributed by atoms with Crippen molar-refractivity contribution in [2.24, 2.45) is 0 Å². The van der Waals surface area contributed by atoms with Crippen LogP contribution in [-0.4, -0.2) is 28.7 Å². The molecule has 8 heteroatoms. The Morgan fingerprint density at radius 1 is 0.905 bits per heavy atom. The third-order valence-electron chi connectivity index (χ3n) is 2.49. The highest BCUT2D eigenvalue weighted by molar-refractivity contribution is 5.54. The molecule has 0 aliphatic carbocycles. The zero-order chi connectivity index (χ0) is 15.5. The second-order valence-electron chi connectivity index (χ2n) is 4.10. The molecule has 0 atom stereocenters. The molecular weight excluding hydrogens is 295 g/mol. The average molecular weight is 304 g/mol. The van der Waals surface area contributed by atoms with Gasteiger partial charge in [-0.25, -0.2) is 9.97 Å². The Labute approximate surface area is 116 Å². The van der Waals surface area contributed by atoms with Crippen LogP contribution in [-0.2, 0) is 0 Å². The Bertz CT molecular complexity index is 584. The first kappa shape index (κ1) is 15.1. The first-order valence-electron chi connectivity index (χ1n) is 5.74. The molecule has 1 aromatic heterocycles. The number of hydrogen-bond donors (Lipinski definition) is 0. The summed E-state index contributed by atoms with van der Waals surface area (Å²) in [6.45, 7) is -1.81. The summed E-state index contributed by atoms with van der Waals surface area (Å²) in [6, 6.07) is 8.77. The minimum atomic E-state index is -5.65. The monoisotopic (exact) mass is 304 g/mol. The van der Waals surface area contributed by atoms with Crippen molar-refractivity contribution >= 4 is 0 Å². The zero-order valence-corrected chi connectivity index (χ0v) is 10.4. The molecule has 0 spiro atoms. The zero-order valence-electron chi connectivity index (χ0n) is 10.4. The fourth-order valence-corrected chi connectivity index (χ4v) is 1.38. The van der Waals surface area contributed by atoms with Crippen LogP contribution in [0.25, 0.3) is 11.4 Å². The van der Waals surface area contributed by atoms with Gasteiger partial charge in [-0.1, -0.05) is 30.3 Å². The van der Waals surface area contributed by atoms with Gasteiger partial charge in [0.05, 0.1) is 12.4 Å². The van der Waals surface area contributed by atoms with Gasteiger partial charge < -0.3 is 4.74 Å². The largest absolute Gasteiger partial charge is 0.484 e. The lowest BCUT2D eigenvalue weighted by Crippen LogP contribution is -2.41. The molecule has 0 aliphatic heterocycles. The number of benzene rings is 1. The summed E-state index contributed by atoms with van der Waals surface area (Å²) < 4.78 is 65.6. The van der Waals surface area contributed by atoms with Gasteiger partial charge in [0.15, 0.2) is 18.2 Å². The van der Waals surface area contributed by atoms with E-state index in [1.54, 1.807) is 30.3 Å². The van der Waals surface area contributed by atoms with Gasteiger partial charge in [0.1, 0.15) is 0 Å². The van der Waals surface area contributed by atoms with E-state index in [2.05, 4.69) is 14.7 Å². The lowest BCUT2D eigenvalue weighted by atomic mass is 10.2. The highest BCUT2D eigenvalue weighted by atomic mass is 19.4. The van der Waals surface area contributed by atoms with E-state index < -0.39 is 18.7 Å². The highest BCUT2D eigenvalue weighted by Crippen LogP contribution is 2.35. The third kappa shape index (κ3) is 3.65. The number of rotatable bonds is 4. The van der Waals surface area contributed by atoms with E-state index >= 15 is 0 Å². The van der Waals surface area contributed by atoms with Crippen LogP contribution >= 0.6 is 0 Å². The van der Waals surface area contributed by atoms with Crippen LogP contribution in [0.3, 0.4) is 0 Å². The summed E-state index contributed by atoms with van der Waals surface area (Å²) in [5, 5.41) is 0. The Kier molecular flexibility index (Phi) is 4.06. The van der Waals surface area contributed by atoms with Gasteiger partial charge in [0, 0.05) is 5.56 Å². The molecule has 0 radical (unpaired) electrons. The molecule has 0 unspecified atom stereocenters. The summed E-state index contributed by atoms with van der Waals surface area (Å²) in [7, 11) is 0. The van der Waals surface area contributed by atoms with Crippen molar-refractivity contribution in [2.45, 2.75) is 12.1 Å². The SMILES string of the molecule is FC(F)(F)C(F)(F)COc1cnc(-c2ccccc2)nc1. The standard InChI is InChI=1S/C13H9F5N2O/c14-12(15,13(16,17)18)8-21-10-6-19-11(20-7-10)9-4-2-1-3-5-9/h1-7H,8H2. The van der Waals surface area contributed by atoms with Crippen LogP contribution in [0.15, 0.2) is 42.7 Å². The van der Waals surface area contributed by atoms with E-state index in [4.69, 9.17) is 0 Å². The van der Waals surface area contributed by atoms with E-state index in [1.165, 1.54) is 0 Å². The molecule has 0 saturated carbocycles. The van der Waals surface area contributed by atoms with E-state index in [0.29, 0.717) is 11.4 Å². The number of nitrogens with zero attached hydrogens (tertiary/aromatic N) is 2. The van der Waals surface area contributed by atoms with E-state index in [0.717, 1.165) is 12.4 Å². The lowest BCUT2D eigenvalue weighted by Gasteiger charge is -2.19. The van der Waals surface area contributed by atoms with Gasteiger partial charge in [0.25, 0.3) is 0 Å². The molecule has 3 nitrogen and oxygen atoms in total. The van der Waals surface area contributed by atoms with Gasteiger partial charge in [-0.15, -0.1) is 0 Å². The third-order valence-corrected chi connectivity index (χ3v) is 2.49. The summed E-state index contributed by atoms with van der Waals surface area (Å²) in [5.41, 5.74) is 0.685. The van der Waals surface area contributed by atoms with Gasteiger partial charge in [-0.05, 0) is 0 Å². The fraction of sp³-hybridized carbons (Fsp3) is 0.231. The average Bonchev–Trinajstić information content (AvgIpc) is 2.45. The van der Waals surface area contributed by atoms with Gasteiger partial charge >= 0.3 is 12.1 Å². The number of ether oxygens (including phenoxy) is 1. The first-order chi connectivity index (χ1) is 9.79. The molecule has 1 heterocycles. The molecule has 0 saturated heterocycles. The van der Waals surface area contributed by atoms with Gasteiger partial charge in [-0.2, -0.15) is 22.0 Å². The predicted octanol–water partition coefficient (Wildman–Crippen LogP) is 3.72. The highest BCUT2D eigenvalue weighted by Gasteiger charge is 2.58. The fourth-order valence-electron chi connectivity index (χ4n) is 1.38. The maximum atomic E-state index is 12.7. The van der Waals surface area contributed by atoms with Crippen molar-refractivity contribution in [3.63, 3.8) is 0 Å². The van der Waals surface area contributed by atoms with Crippen molar-refractivity contribution in [1.29, 1.82) is 0 Å². The minimum absolute atomic E-state index is 0.265. The van der Waals surface area contributed by atoms with Crippen LogP contribution in [0.1, 0.15) is 0 Å². The van der Waals surface area contributed by atoms with Crippen LogP contribution in [0, 0.1) is 0 Å². The van der Waals surface area contributed by atoms with Gasteiger partial charge in [0.2, 0.25) is 0 Å². The second-order valence-corrected chi connectivity index (χ2v) is 4.10. The van der Waals surface area contributed by atoms with E-state index in [9.17, 15) is 22.0 Å². The molecule has 0 aliphatic rings. The number of hydrogen-bond acceptors (Lipinski definition) is 3. The number of alkyl halides is 5. The van der Waals surface area contributed by atoms with Crippen LogP contribution in [0.4, 0.5) is 22.0 Å². The first-order valence-corrected chi connectivity index (χ1v) is 5.74. The lowest BCUT2D eigenvalue weighted by molar-refractivity contribution is -0.290. The van der Waals surface area contributed by atoms with Gasteiger partial charge in [-0.3, -0.25) is 0 Å². The summed E-state index contributed by atoms with van der Waals surface area (Å²) in [6.07, 6.45) is -3.57. The van der Waals surface area contributed by atoms with Crippen LogP contribution < -0.4 is 4.74 Å². The van der Waals surface area contributed by atoms with E-state index in [1.807, 2.05) is 0 Å². The maximum absolute atomic E-state index is 12.7. The smallest absolute Gasteiger partial charge is 0.456 e. The molecule has 0 N–H and O–H groups in total. The minimum Gasteiger partial charge on any atom is -0.484 e. The molecule has 0 bridgehead atoms. The topological polar surface area (TPSA) is 35.0 Å². The number of halogens is 5. The predicted molar refractivity (Wildman–Crippen MR) is 64.0 cm³/mol. The second kappa shape index (κ2) is 5.63. The Morgan fingerprint density at radius 2 is 1.48 bits per heavy atom. The summed E-state index contributed by atoms with van der Waals surface area (Å²) in [5.74, 6) is -4.88. The summed E-state index contributed by atoms with van der Waals surface area (Å²) >= 11 is 0. The molecule has 0 amide bonds. The van der Waals surface area contributed by atoms with Crippen LogP contribution in [0.5, 0.6) is 5.75 Å². The Morgan fingerprint density at radius 3 is 2.00 bits per heavy atom. The van der Waals surface area contributed by atoms with E-state index in [-0.39, 0.29) is 5.75 Å². The molecule has 2 aromatic rings. The normalized spacial score (nSPS) is 12.2. The molecule has 21 heavy (non-hydrogen) atoms. The maximum Gasteiger partial charge on any atom is 0.456 e. The quantitative estimate of drug-likeness (QED) is 0.808. The molecule has 0 fully saturated rings. The molecular formula is C13H9F5N2O. The Hall–Kier alpha value is -2.25. The van der Waals surface area contributed by atoms with Crippen molar-refractivity contribution in [2.75, 3.05) is 6.61 Å². The van der Waals surface area contributed by atoms with Crippen LogP contribution in [0.2, 0.25) is 0 Å². The molecule has 112 valence electrons. The van der Waals surface area contributed by atoms with Crippen molar-refractivity contribution in [3.8, 4) is 17.1 Å². The molecule has 2 rings (SSSR count). The van der Waals surface area contributed by atoms with Crippen molar-refractivity contribution < 1.29 is 26.7 Å². The summed E-state index contributed by atoms with van der Waals surface area (Å²) in [4.78, 5) is 7.70.